The fourth-order valence-electron chi connectivity index (χ4n) is 3.41. The van der Waals surface area contributed by atoms with Gasteiger partial charge in [-0.2, -0.15) is 0 Å². The van der Waals surface area contributed by atoms with E-state index in [0.717, 1.165) is 50.9 Å². The highest BCUT2D eigenvalue weighted by atomic mass is 16.3. The molecule has 0 amide bonds. The molecule has 0 aromatic carbocycles. The van der Waals surface area contributed by atoms with Crippen LogP contribution in [0.2, 0.25) is 0 Å². The van der Waals surface area contributed by atoms with Crippen LogP contribution in [0.1, 0.15) is 37.8 Å². The summed E-state index contributed by atoms with van der Waals surface area (Å²) >= 11 is 0. The van der Waals surface area contributed by atoms with Crippen LogP contribution in [0.5, 0.6) is 0 Å². The van der Waals surface area contributed by atoms with Gasteiger partial charge >= 0.3 is 0 Å². The van der Waals surface area contributed by atoms with E-state index in [2.05, 4.69) is 14.9 Å². The molecule has 3 rings (SSSR count). The lowest BCUT2D eigenvalue weighted by atomic mass is 9.79. The fourth-order valence-corrected chi connectivity index (χ4v) is 3.41. The molecule has 1 aromatic rings. The molecule has 1 aliphatic carbocycles. The van der Waals surface area contributed by atoms with Gasteiger partial charge in [-0.1, -0.05) is 0 Å². The SMILES string of the molecule is N[C@@H]1CCN(C2CCC(O)(c3ccncn3)CC2)C1. The second kappa shape index (κ2) is 5.15. The zero-order valence-corrected chi connectivity index (χ0v) is 11.2. The lowest BCUT2D eigenvalue weighted by Crippen LogP contribution is -2.42. The first-order valence-corrected chi connectivity index (χ1v) is 7.16. The molecule has 1 aromatic heterocycles. The van der Waals surface area contributed by atoms with Gasteiger partial charge in [0.25, 0.3) is 0 Å². The summed E-state index contributed by atoms with van der Waals surface area (Å²) in [6.45, 7) is 2.12. The highest BCUT2D eigenvalue weighted by molar-refractivity contribution is 5.11. The smallest absolute Gasteiger partial charge is 0.115 e. The summed E-state index contributed by atoms with van der Waals surface area (Å²) in [5, 5.41) is 10.7. The summed E-state index contributed by atoms with van der Waals surface area (Å²) in [7, 11) is 0. The summed E-state index contributed by atoms with van der Waals surface area (Å²) in [5.41, 5.74) is 5.97. The molecule has 104 valence electrons. The molecule has 0 unspecified atom stereocenters. The van der Waals surface area contributed by atoms with Gasteiger partial charge in [-0.05, 0) is 38.2 Å². The van der Waals surface area contributed by atoms with Crippen molar-refractivity contribution in [3.05, 3.63) is 24.3 Å². The van der Waals surface area contributed by atoms with E-state index in [9.17, 15) is 5.11 Å². The zero-order chi connectivity index (χ0) is 13.3. The molecule has 0 bridgehead atoms. The van der Waals surface area contributed by atoms with Crippen LogP contribution in [-0.2, 0) is 5.60 Å². The van der Waals surface area contributed by atoms with Gasteiger partial charge in [-0.3, -0.25) is 4.90 Å². The summed E-state index contributed by atoms with van der Waals surface area (Å²) in [6.07, 6.45) is 7.92. The molecule has 0 spiro atoms. The molecular formula is C14H22N4O. The number of nitrogens with two attached hydrogens (primary N) is 1. The van der Waals surface area contributed by atoms with Gasteiger partial charge in [0.05, 0.1) is 5.69 Å². The second-order valence-electron chi connectivity index (χ2n) is 5.90. The molecule has 3 N–H and O–H groups in total. The van der Waals surface area contributed by atoms with E-state index in [-0.39, 0.29) is 0 Å². The molecule has 1 saturated heterocycles. The third kappa shape index (κ3) is 2.63. The third-order valence-corrected chi connectivity index (χ3v) is 4.61. The Morgan fingerprint density at radius 1 is 1.32 bits per heavy atom. The van der Waals surface area contributed by atoms with Gasteiger partial charge in [0, 0.05) is 31.4 Å². The maximum atomic E-state index is 10.7. The average molecular weight is 262 g/mol. The first-order chi connectivity index (χ1) is 9.17. The Hall–Kier alpha value is -1.04. The number of nitrogens with zero attached hydrogens (tertiary/aromatic N) is 3. The lowest BCUT2D eigenvalue weighted by Gasteiger charge is -2.39. The Balaban J connectivity index is 1.63. The van der Waals surface area contributed by atoms with Crippen molar-refractivity contribution in [2.45, 2.75) is 49.8 Å². The molecule has 1 saturated carbocycles. The standard InChI is InChI=1S/C14H22N4O/c15-11-4-8-18(9-11)12-1-5-14(19,6-2-12)13-3-7-16-10-17-13/h3,7,10-12,19H,1-2,4-6,8-9,15H2/t11-,12?,14?/m1/s1. The molecular weight excluding hydrogens is 240 g/mol. The van der Waals surface area contributed by atoms with Crippen molar-refractivity contribution in [2.24, 2.45) is 5.73 Å². The summed E-state index contributed by atoms with van der Waals surface area (Å²) in [6, 6.07) is 2.74. The molecule has 0 radical (unpaired) electrons. The monoisotopic (exact) mass is 262 g/mol. The maximum absolute atomic E-state index is 10.7. The highest BCUT2D eigenvalue weighted by Gasteiger charge is 2.38. The number of aromatic nitrogens is 2. The highest BCUT2D eigenvalue weighted by Crippen LogP contribution is 2.38. The Morgan fingerprint density at radius 2 is 2.11 bits per heavy atom. The van der Waals surface area contributed by atoms with Crippen molar-refractivity contribution < 1.29 is 5.11 Å². The van der Waals surface area contributed by atoms with Gasteiger partial charge in [-0.15, -0.1) is 0 Å². The Bertz CT molecular complexity index is 417. The van der Waals surface area contributed by atoms with Crippen molar-refractivity contribution in [1.29, 1.82) is 0 Å². The predicted octanol–water partition coefficient (Wildman–Crippen LogP) is 0.640. The first-order valence-electron chi connectivity index (χ1n) is 7.16. The van der Waals surface area contributed by atoms with Gasteiger partial charge in [0.2, 0.25) is 0 Å². The topological polar surface area (TPSA) is 75.3 Å². The molecule has 2 fully saturated rings. The molecule has 2 heterocycles. The molecule has 5 nitrogen and oxygen atoms in total. The zero-order valence-electron chi connectivity index (χ0n) is 11.2. The average Bonchev–Trinajstić information content (AvgIpc) is 2.87. The quantitative estimate of drug-likeness (QED) is 0.818. The van der Waals surface area contributed by atoms with Crippen LogP contribution in [-0.4, -0.2) is 45.1 Å². The number of hydrogen-bond acceptors (Lipinski definition) is 5. The molecule has 19 heavy (non-hydrogen) atoms. The van der Waals surface area contributed by atoms with Crippen molar-refractivity contribution in [1.82, 2.24) is 14.9 Å². The maximum Gasteiger partial charge on any atom is 0.115 e. The van der Waals surface area contributed by atoms with E-state index in [0.29, 0.717) is 12.1 Å². The summed E-state index contributed by atoms with van der Waals surface area (Å²) < 4.78 is 0. The van der Waals surface area contributed by atoms with E-state index in [1.54, 1.807) is 6.20 Å². The van der Waals surface area contributed by atoms with Crippen molar-refractivity contribution in [3.63, 3.8) is 0 Å². The minimum Gasteiger partial charge on any atom is -0.384 e. The number of hydrogen-bond donors (Lipinski definition) is 2. The van der Waals surface area contributed by atoms with E-state index in [1.807, 2.05) is 6.07 Å². The number of rotatable bonds is 2. The van der Waals surface area contributed by atoms with Crippen LogP contribution in [0.4, 0.5) is 0 Å². The van der Waals surface area contributed by atoms with Crippen LogP contribution in [0.25, 0.3) is 0 Å². The van der Waals surface area contributed by atoms with E-state index in [4.69, 9.17) is 5.73 Å². The van der Waals surface area contributed by atoms with Crippen molar-refractivity contribution in [2.75, 3.05) is 13.1 Å². The lowest BCUT2D eigenvalue weighted by molar-refractivity contribution is -0.0257. The van der Waals surface area contributed by atoms with Crippen molar-refractivity contribution in [3.8, 4) is 0 Å². The second-order valence-corrected chi connectivity index (χ2v) is 5.90. The number of aliphatic hydroxyl groups is 1. The minimum atomic E-state index is -0.763. The Morgan fingerprint density at radius 3 is 2.68 bits per heavy atom. The van der Waals surface area contributed by atoms with Crippen LogP contribution in [0.15, 0.2) is 18.6 Å². The van der Waals surface area contributed by atoms with Gasteiger partial charge in [-0.25, -0.2) is 9.97 Å². The van der Waals surface area contributed by atoms with Crippen LogP contribution in [0, 0.1) is 0 Å². The van der Waals surface area contributed by atoms with Crippen LogP contribution >= 0.6 is 0 Å². The third-order valence-electron chi connectivity index (χ3n) is 4.61. The first kappa shape index (κ1) is 13.0. The van der Waals surface area contributed by atoms with E-state index >= 15 is 0 Å². The Labute approximate surface area is 113 Å². The van der Waals surface area contributed by atoms with Crippen molar-refractivity contribution >= 4 is 0 Å². The minimum absolute atomic E-state index is 0.336. The predicted molar refractivity (Wildman–Crippen MR) is 72.4 cm³/mol. The van der Waals surface area contributed by atoms with Gasteiger partial charge in [0.15, 0.2) is 0 Å². The molecule has 5 heteroatoms. The molecule has 1 aliphatic heterocycles. The number of likely N-dealkylation sites (tertiary alicyclic amines) is 1. The normalized spacial score (nSPS) is 36.5. The molecule has 1 atom stereocenters. The summed E-state index contributed by atoms with van der Waals surface area (Å²) in [5.74, 6) is 0. The van der Waals surface area contributed by atoms with Gasteiger partial charge < -0.3 is 10.8 Å². The van der Waals surface area contributed by atoms with E-state index < -0.39 is 5.60 Å². The van der Waals surface area contributed by atoms with E-state index in [1.165, 1.54) is 6.33 Å². The molecule has 2 aliphatic rings. The fraction of sp³-hybridized carbons (Fsp3) is 0.714. The van der Waals surface area contributed by atoms with Gasteiger partial charge in [0.1, 0.15) is 11.9 Å². The Kier molecular flexibility index (Phi) is 3.52. The van der Waals surface area contributed by atoms with Crippen LogP contribution in [0.3, 0.4) is 0 Å². The summed E-state index contributed by atoms with van der Waals surface area (Å²) in [4.78, 5) is 10.6. The van der Waals surface area contributed by atoms with Crippen LogP contribution < -0.4 is 5.73 Å². The largest absolute Gasteiger partial charge is 0.384 e.